The Hall–Kier alpha value is -3.66. The molecule has 0 fully saturated rings. The summed E-state index contributed by atoms with van der Waals surface area (Å²) in [6.07, 6.45) is 0. The maximum Gasteiger partial charge on any atom is 0.365 e. The van der Waals surface area contributed by atoms with E-state index in [4.69, 9.17) is 4.74 Å². The zero-order chi connectivity index (χ0) is 20.1. The van der Waals surface area contributed by atoms with Gasteiger partial charge in [0.25, 0.3) is 0 Å². The molecule has 144 valence electrons. The molecule has 0 aromatic heterocycles. The molecule has 29 heavy (non-hydrogen) atoms. The average molecular weight is 382 g/mol. The fourth-order valence-corrected chi connectivity index (χ4v) is 3.29. The lowest BCUT2D eigenvalue weighted by Gasteiger charge is -2.26. The fraction of sp³-hybridized carbons (Fsp3) is 0.120. The van der Waals surface area contributed by atoms with Gasteiger partial charge in [0.15, 0.2) is 5.70 Å². The summed E-state index contributed by atoms with van der Waals surface area (Å²) in [5.74, 6) is -0.0585. The van der Waals surface area contributed by atoms with Gasteiger partial charge in [-0.15, -0.1) is 0 Å². The Kier molecular flexibility index (Phi) is 5.52. The number of ether oxygens (including phenoxy) is 1. The van der Waals surface area contributed by atoms with Crippen LogP contribution >= 0.6 is 0 Å². The van der Waals surface area contributed by atoms with E-state index < -0.39 is 5.97 Å². The van der Waals surface area contributed by atoms with Crippen molar-refractivity contribution in [1.29, 1.82) is 0 Å². The second-order valence-corrected chi connectivity index (χ2v) is 6.93. The summed E-state index contributed by atoms with van der Waals surface area (Å²) in [5.41, 5.74) is 4.29. The third-order valence-electron chi connectivity index (χ3n) is 4.87. The molecule has 0 N–H and O–H groups in total. The van der Waals surface area contributed by atoms with Crippen molar-refractivity contribution >= 4 is 11.9 Å². The van der Waals surface area contributed by atoms with Gasteiger partial charge in [0, 0.05) is 24.4 Å². The quantitative estimate of drug-likeness (QED) is 0.449. The minimum absolute atomic E-state index is 0.351. The highest BCUT2D eigenvalue weighted by molar-refractivity contribution is 6.11. The largest absolute Gasteiger partial charge is 0.402 e. The first-order chi connectivity index (χ1) is 14.2. The molecular weight excluding hydrogens is 360 g/mol. The van der Waals surface area contributed by atoms with Crippen molar-refractivity contribution in [2.75, 3.05) is 0 Å². The average Bonchev–Trinajstić information content (AvgIpc) is 3.16. The lowest BCUT2D eigenvalue weighted by Crippen LogP contribution is -2.23. The molecule has 4 heteroatoms. The molecule has 4 rings (SSSR count). The molecule has 1 heterocycles. The van der Waals surface area contributed by atoms with E-state index in [9.17, 15) is 4.79 Å². The minimum atomic E-state index is -0.410. The van der Waals surface area contributed by atoms with Crippen LogP contribution in [0.25, 0.3) is 0 Å². The molecule has 0 amide bonds. The number of cyclic esters (lactones) is 1. The smallest absolute Gasteiger partial charge is 0.365 e. The van der Waals surface area contributed by atoms with Crippen LogP contribution in [0.3, 0.4) is 0 Å². The highest BCUT2D eigenvalue weighted by Crippen LogP contribution is 2.24. The summed E-state index contributed by atoms with van der Waals surface area (Å²) in [6.45, 7) is 3.28. The van der Waals surface area contributed by atoms with Crippen molar-refractivity contribution in [3.8, 4) is 0 Å². The van der Waals surface area contributed by atoms with Gasteiger partial charge in [0.05, 0.1) is 0 Å². The van der Waals surface area contributed by atoms with Crippen LogP contribution < -0.4 is 0 Å². The Morgan fingerprint density at radius 1 is 0.793 bits per heavy atom. The number of nitrogens with zero attached hydrogens (tertiary/aromatic N) is 2. The van der Waals surface area contributed by atoms with E-state index in [1.54, 1.807) is 0 Å². The topological polar surface area (TPSA) is 41.9 Å². The van der Waals surface area contributed by atoms with Crippen LogP contribution in [0.1, 0.15) is 23.6 Å². The molecule has 1 aliphatic heterocycles. The molecule has 0 radical (unpaired) electrons. The third kappa shape index (κ3) is 4.43. The van der Waals surface area contributed by atoms with E-state index >= 15 is 0 Å². The Labute approximate surface area is 170 Å². The van der Waals surface area contributed by atoms with Gasteiger partial charge in [-0.25, -0.2) is 9.79 Å². The highest BCUT2D eigenvalue weighted by atomic mass is 16.6. The Bertz CT molecular complexity index is 1000. The predicted octanol–water partition coefficient (Wildman–Crippen LogP) is 4.92. The van der Waals surface area contributed by atoms with Gasteiger partial charge in [0.1, 0.15) is 0 Å². The molecular formula is C25H22N2O2. The van der Waals surface area contributed by atoms with E-state index in [1.165, 1.54) is 11.1 Å². The maximum atomic E-state index is 12.6. The second kappa shape index (κ2) is 8.57. The Morgan fingerprint density at radius 2 is 1.28 bits per heavy atom. The first-order valence-electron chi connectivity index (χ1n) is 9.60. The number of aliphatic imine (C=N–C) groups is 1. The van der Waals surface area contributed by atoms with Crippen LogP contribution in [0.5, 0.6) is 0 Å². The molecule has 0 aliphatic carbocycles. The molecule has 3 aromatic carbocycles. The molecule has 0 bridgehead atoms. The molecule has 1 aliphatic rings. The van der Waals surface area contributed by atoms with E-state index in [1.807, 2.05) is 73.7 Å². The molecule has 0 saturated heterocycles. The van der Waals surface area contributed by atoms with E-state index in [2.05, 4.69) is 34.2 Å². The number of hydrogen-bond donors (Lipinski definition) is 0. The first-order valence-corrected chi connectivity index (χ1v) is 9.60. The van der Waals surface area contributed by atoms with Crippen molar-refractivity contribution in [3.05, 3.63) is 119 Å². The second-order valence-electron chi connectivity index (χ2n) is 6.93. The van der Waals surface area contributed by atoms with Crippen molar-refractivity contribution in [2.45, 2.75) is 20.0 Å². The molecule has 3 aromatic rings. The van der Waals surface area contributed by atoms with E-state index in [0.717, 1.165) is 11.3 Å². The van der Waals surface area contributed by atoms with Gasteiger partial charge in [-0.2, -0.15) is 0 Å². The van der Waals surface area contributed by atoms with Crippen molar-refractivity contribution in [3.63, 3.8) is 0 Å². The number of benzene rings is 3. The first kappa shape index (κ1) is 18.7. The van der Waals surface area contributed by atoms with Crippen LogP contribution in [0, 0.1) is 0 Å². The number of allylic oxidation sites excluding steroid dienone is 1. The standard InChI is InChI=1S/C25H22N2O2/c1-19(23-25(28)29-24(26-23)22-15-9-4-10-16-22)27(17-20-11-5-2-6-12-20)18-21-13-7-3-8-14-21/h2-16H,17-18H2,1H3/b23-19+. The number of esters is 1. The summed E-state index contributed by atoms with van der Waals surface area (Å²) in [4.78, 5) is 19.3. The zero-order valence-corrected chi connectivity index (χ0v) is 16.3. The minimum Gasteiger partial charge on any atom is -0.402 e. The van der Waals surface area contributed by atoms with Crippen LogP contribution in [0.4, 0.5) is 0 Å². The van der Waals surface area contributed by atoms with Gasteiger partial charge in [-0.1, -0.05) is 78.9 Å². The van der Waals surface area contributed by atoms with Gasteiger partial charge in [0.2, 0.25) is 5.90 Å². The molecule has 0 spiro atoms. The lowest BCUT2D eigenvalue weighted by molar-refractivity contribution is -0.130. The maximum absolute atomic E-state index is 12.6. The van der Waals surface area contributed by atoms with Crippen LogP contribution in [0.2, 0.25) is 0 Å². The number of carbonyl (C=O) groups is 1. The normalized spacial score (nSPS) is 14.9. The fourth-order valence-electron chi connectivity index (χ4n) is 3.29. The monoisotopic (exact) mass is 382 g/mol. The van der Waals surface area contributed by atoms with Crippen molar-refractivity contribution in [2.24, 2.45) is 4.99 Å². The van der Waals surface area contributed by atoms with Crippen LogP contribution in [-0.4, -0.2) is 16.8 Å². The third-order valence-corrected chi connectivity index (χ3v) is 4.87. The molecule has 0 unspecified atom stereocenters. The molecule has 4 nitrogen and oxygen atoms in total. The molecule has 0 atom stereocenters. The van der Waals surface area contributed by atoms with Gasteiger partial charge < -0.3 is 9.64 Å². The summed E-state index contributed by atoms with van der Waals surface area (Å²) in [7, 11) is 0. The van der Waals surface area contributed by atoms with Gasteiger partial charge in [-0.05, 0) is 30.2 Å². The predicted molar refractivity (Wildman–Crippen MR) is 114 cm³/mol. The van der Waals surface area contributed by atoms with Gasteiger partial charge >= 0.3 is 5.97 Å². The van der Waals surface area contributed by atoms with Crippen molar-refractivity contribution in [1.82, 2.24) is 4.90 Å². The van der Waals surface area contributed by atoms with E-state index in [0.29, 0.717) is 24.7 Å². The number of hydrogen-bond acceptors (Lipinski definition) is 4. The zero-order valence-electron chi connectivity index (χ0n) is 16.3. The number of carbonyl (C=O) groups excluding carboxylic acids is 1. The van der Waals surface area contributed by atoms with Crippen LogP contribution in [-0.2, 0) is 22.6 Å². The van der Waals surface area contributed by atoms with Gasteiger partial charge in [-0.3, -0.25) is 0 Å². The summed E-state index contributed by atoms with van der Waals surface area (Å²) in [6, 6.07) is 29.9. The van der Waals surface area contributed by atoms with E-state index in [-0.39, 0.29) is 0 Å². The lowest BCUT2D eigenvalue weighted by atomic mass is 10.1. The number of rotatable bonds is 6. The Balaban J connectivity index is 1.68. The summed E-state index contributed by atoms with van der Waals surface area (Å²) < 4.78 is 5.46. The molecule has 0 saturated carbocycles. The summed E-state index contributed by atoms with van der Waals surface area (Å²) in [5, 5.41) is 0. The Morgan fingerprint density at radius 3 is 1.79 bits per heavy atom. The summed E-state index contributed by atoms with van der Waals surface area (Å²) >= 11 is 0. The van der Waals surface area contributed by atoms with Crippen LogP contribution in [0.15, 0.2) is 107 Å². The SMILES string of the molecule is C/C(=C1\N=C(c2ccccc2)OC1=O)N(Cc1ccccc1)Cc1ccccc1. The highest BCUT2D eigenvalue weighted by Gasteiger charge is 2.28. The van der Waals surface area contributed by atoms with Crippen molar-refractivity contribution < 1.29 is 9.53 Å².